The maximum atomic E-state index is 5.79. The smallest absolute Gasteiger partial charge is 0.417 e. The van der Waals surface area contributed by atoms with Gasteiger partial charge in [-0.1, -0.05) is 0 Å². The van der Waals surface area contributed by atoms with Crippen molar-refractivity contribution < 1.29 is 13.0 Å². The minimum atomic E-state index is -1.90. The molecule has 3 nitrogen and oxygen atoms in total. The molecule has 0 unspecified atom stereocenters. The maximum absolute atomic E-state index is 5.79. The van der Waals surface area contributed by atoms with Crippen molar-refractivity contribution in [2.24, 2.45) is 0 Å². The second-order valence-corrected chi connectivity index (χ2v) is 9.99. The Morgan fingerprint density at radius 2 is 1.62 bits per heavy atom. The van der Waals surface area contributed by atoms with Crippen molar-refractivity contribution in [1.29, 1.82) is 0 Å². The maximum Gasteiger partial charge on any atom is 0.473 e. The second-order valence-electron chi connectivity index (χ2n) is 3.21. The highest BCUT2D eigenvalue weighted by atomic mass is 35.5. The predicted octanol–water partition coefficient (Wildman–Crippen LogP) is 1.78. The summed E-state index contributed by atoms with van der Waals surface area (Å²) in [6.45, 7) is 9.30. The van der Waals surface area contributed by atoms with Crippen molar-refractivity contribution >= 4 is 29.4 Å². The van der Waals surface area contributed by atoms with Crippen LogP contribution in [0.4, 0.5) is 0 Å². The lowest BCUT2D eigenvalue weighted by atomic mass is 10.9. The molecule has 0 rings (SSSR count). The van der Waals surface area contributed by atoms with E-state index < -0.39 is 17.8 Å². The number of alkyl halides is 1. The summed E-state index contributed by atoms with van der Waals surface area (Å²) < 4.78 is 16.6. The third-order valence-electron chi connectivity index (χ3n) is 1.34. The van der Waals surface area contributed by atoms with Crippen LogP contribution in [0.3, 0.4) is 0 Å². The lowest BCUT2D eigenvalue weighted by Crippen LogP contribution is -2.43. The van der Waals surface area contributed by atoms with Crippen molar-refractivity contribution in [3.63, 3.8) is 0 Å². The average Bonchev–Trinajstić information content (AvgIpc) is 2.05. The largest absolute Gasteiger partial charge is 0.473 e. The summed E-state index contributed by atoms with van der Waals surface area (Å²) in [4.78, 5) is 0. The minimum Gasteiger partial charge on any atom is -0.417 e. The molecule has 80 valence electrons. The summed E-state index contributed by atoms with van der Waals surface area (Å²) >= 11 is 5.79. The van der Waals surface area contributed by atoms with Gasteiger partial charge in [0.15, 0.2) is 8.32 Å². The van der Waals surface area contributed by atoms with Crippen LogP contribution in [0.5, 0.6) is 0 Å². The van der Waals surface area contributed by atoms with Gasteiger partial charge in [-0.3, -0.25) is 0 Å². The van der Waals surface area contributed by atoms with E-state index in [9.17, 15) is 0 Å². The van der Waals surface area contributed by atoms with E-state index in [0.717, 1.165) is 0 Å². The van der Waals surface area contributed by atoms with Gasteiger partial charge >= 0.3 is 9.53 Å². The fourth-order valence-corrected chi connectivity index (χ4v) is 4.77. The standard InChI is InChI=1S/C7H19ClO3Si2/c1-5-9-12(10-6-2)11-13(3,4)7-8/h12H,5-7H2,1-4H3. The quantitative estimate of drug-likeness (QED) is 0.503. The lowest BCUT2D eigenvalue weighted by Gasteiger charge is -2.25. The van der Waals surface area contributed by atoms with Crippen LogP contribution in [0.2, 0.25) is 13.1 Å². The molecule has 0 aromatic rings. The van der Waals surface area contributed by atoms with Crippen LogP contribution in [0.25, 0.3) is 0 Å². The van der Waals surface area contributed by atoms with E-state index in [1.807, 2.05) is 13.8 Å². The molecule has 0 aliphatic heterocycles. The zero-order valence-electron chi connectivity index (χ0n) is 8.80. The summed E-state index contributed by atoms with van der Waals surface area (Å²) in [6, 6.07) is 0. The van der Waals surface area contributed by atoms with Crippen molar-refractivity contribution in [1.82, 2.24) is 0 Å². The molecule has 0 amide bonds. The molecule has 0 aromatic carbocycles. The summed E-state index contributed by atoms with van der Waals surface area (Å²) in [5.41, 5.74) is 0.580. The predicted molar refractivity (Wildman–Crippen MR) is 59.7 cm³/mol. The molecule has 0 saturated heterocycles. The van der Waals surface area contributed by atoms with E-state index in [1.165, 1.54) is 0 Å². The fourth-order valence-electron chi connectivity index (χ4n) is 0.680. The molecule has 0 N–H and O–H groups in total. The number of hydrogen-bond donors (Lipinski definition) is 0. The molecule has 13 heavy (non-hydrogen) atoms. The van der Waals surface area contributed by atoms with Gasteiger partial charge in [-0.2, -0.15) is 0 Å². The highest BCUT2D eigenvalue weighted by Gasteiger charge is 2.28. The van der Waals surface area contributed by atoms with E-state index >= 15 is 0 Å². The van der Waals surface area contributed by atoms with Gasteiger partial charge in [-0.25, -0.2) is 0 Å². The van der Waals surface area contributed by atoms with Crippen LogP contribution in [-0.2, 0) is 13.0 Å². The molecule has 0 heterocycles. The molecule has 0 aliphatic carbocycles. The van der Waals surface area contributed by atoms with Gasteiger partial charge in [0.1, 0.15) is 0 Å². The Bertz CT molecular complexity index is 129. The van der Waals surface area contributed by atoms with Crippen molar-refractivity contribution in [2.75, 3.05) is 18.7 Å². The third-order valence-corrected chi connectivity index (χ3v) is 8.45. The monoisotopic (exact) mass is 242 g/mol. The van der Waals surface area contributed by atoms with E-state index in [4.69, 9.17) is 24.6 Å². The van der Waals surface area contributed by atoms with Crippen molar-refractivity contribution in [3.05, 3.63) is 0 Å². The lowest BCUT2D eigenvalue weighted by molar-refractivity contribution is 0.151. The molecular weight excluding hydrogens is 224 g/mol. The van der Waals surface area contributed by atoms with E-state index in [-0.39, 0.29) is 0 Å². The molecule has 0 bridgehead atoms. The van der Waals surface area contributed by atoms with Gasteiger partial charge in [-0.15, -0.1) is 11.6 Å². The summed E-state index contributed by atoms with van der Waals surface area (Å²) in [5, 5.41) is 0. The van der Waals surface area contributed by atoms with Crippen LogP contribution in [0, 0.1) is 0 Å². The Labute approximate surface area is 88.4 Å². The van der Waals surface area contributed by atoms with Gasteiger partial charge in [0.25, 0.3) is 0 Å². The zero-order valence-corrected chi connectivity index (χ0v) is 11.7. The van der Waals surface area contributed by atoms with Gasteiger partial charge in [0.2, 0.25) is 0 Å². The van der Waals surface area contributed by atoms with Gasteiger partial charge in [-0.05, 0) is 26.9 Å². The Hall–Kier alpha value is 0.604. The molecular formula is C7H19ClO3Si2. The van der Waals surface area contributed by atoms with Gasteiger partial charge in [0, 0.05) is 18.7 Å². The molecule has 0 aromatic heterocycles. The Morgan fingerprint density at radius 3 is 1.92 bits per heavy atom. The summed E-state index contributed by atoms with van der Waals surface area (Å²) in [7, 11) is -3.64. The molecule has 0 radical (unpaired) electrons. The second kappa shape index (κ2) is 6.97. The number of halogens is 1. The molecule has 0 atom stereocenters. The van der Waals surface area contributed by atoms with E-state index in [0.29, 0.717) is 18.7 Å². The normalized spacial score (nSPS) is 12.5. The summed E-state index contributed by atoms with van der Waals surface area (Å²) in [5.74, 6) is 0. The first-order valence-corrected chi connectivity index (χ1v) is 9.59. The average molecular weight is 243 g/mol. The number of rotatable bonds is 7. The molecule has 0 spiro atoms. The highest BCUT2D eigenvalue weighted by molar-refractivity contribution is 6.81. The van der Waals surface area contributed by atoms with Gasteiger partial charge < -0.3 is 13.0 Å². The fraction of sp³-hybridized carbons (Fsp3) is 1.00. The highest BCUT2D eigenvalue weighted by Crippen LogP contribution is 2.09. The van der Waals surface area contributed by atoms with Crippen LogP contribution >= 0.6 is 11.6 Å². The van der Waals surface area contributed by atoms with Gasteiger partial charge in [0.05, 0.1) is 0 Å². The van der Waals surface area contributed by atoms with E-state index in [2.05, 4.69) is 13.1 Å². The van der Waals surface area contributed by atoms with Crippen LogP contribution < -0.4 is 0 Å². The van der Waals surface area contributed by atoms with Crippen LogP contribution in [-0.4, -0.2) is 36.6 Å². The Balaban J connectivity index is 3.92. The topological polar surface area (TPSA) is 27.7 Å². The Kier molecular flexibility index (Phi) is 7.29. The van der Waals surface area contributed by atoms with Crippen molar-refractivity contribution in [3.8, 4) is 0 Å². The first-order chi connectivity index (χ1) is 6.05. The van der Waals surface area contributed by atoms with Crippen molar-refractivity contribution in [2.45, 2.75) is 26.9 Å². The Morgan fingerprint density at radius 1 is 1.15 bits per heavy atom. The minimum absolute atomic E-state index is 0.580. The van der Waals surface area contributed by atoms with E-state index in [1.54, 1.807) is 0 Å². The number of hydrogen-bond acceptors (Lipinski definition) is 3. The molecule has 0 fully saturated rings. The zero-order chi connectivity index (χ0) is 10.3. The summed E-state index contributed by atoms with van der Waals surface area (Å²) in [6.07, 6.45) is 0. The van der Waals surface area contributed by atoms with Crippen LogP contribution in [0.15, 0.2) is 0 Å². The molecule has 6 heteroatoms. The first-order valence-electron chi connectivity index (χ1n) is 4.52. The SMILES string of the molecule is CCO[SiH](OCC)O[Si](C)(C)CCl. The first kappa shape index (κ1) is 13.6. The van der Waals surface area contributed by atoms with Crippen LogP contribution in [0.1, 0.15) is 13.8 Å². The molecule has 0 aliphatic rings. The molecule has 0 saturated carbocycles. The third kappa shape index (κ3) is 6.64.